The molecule has 0 heteroatoms. The maximum atomic E-state index is 3.68. The SMILES string of the molecule is C=C/C(=C\C)C(C)C.CC.CC. The fraction of sp³-hybridized carbons (Fsp3) is 0.667. The molecule has 0 spiro atoms. The van der Waals surface area contributed by atoms with E-state index in [4.69, 9.17) is 0 Å². The van der Waals surface area contributed by atoms with Crippen molar-refractivity contribution in [2.45, 2.75) is 48.5 Å². The predicted octanol–water partition coefficient (Wildman–Crippen LogP) is 4.83. The van der Waals surface area contributed by atoms with Crippen LogP contribution in [0, 0.1) is 5.92 Å². The van der Waals surface area contributed by atoms with Gasteiger partial charge in [0.1, 0.15) is 0 Å². The van der Waals surface area contributed by atoms with Crippen LogP contribution in [0.1, 0.15) is 48.5 Å². The molecule has 0 unspecified atom stereocenters. The first-order valence-electron chi connectivity index (χ1n) is 5.01. The fourth-order valence-electron chi connectivity index (χ4n) is 0.687. The average Bonchev–Trinajstić information content (AvgIpc) is 2.13. The Bertz CT molecular complexity index is 96.6. The molecular formula is C12H26. The van der Waals surface area contributed by atoms with E-state index in [1.807, 2.05) is 40.7 Å². The normalized spacial score (nSPS) is 9.17. The van der Waals surface area contributed by atoms with Crippen molar-refractivity contribution in [3.05, 3.63) is 24.3 Å². The Kier molecular flexibility index (Phi) is 24.6. The number of allylic oxidation sites excluding steroid dienone is 3. The first-order chi connectivity index (χ1) is 5.72. The molecule has 0 aromatic carbocycles. The molecule has 74 valence electrons. The highest BCUT2D eigenvalue weighted by molar-refractivity contribution is 5.16. The number of rotatable bonds is 2. The van der Waals surface area contributed by atoms with Gasteiger partial charge >= 0.3 is 0 Å². The van der Waals surface area contributed by atoms with Gasteiger partial charge in [0.05, 0.1) is 0 Å². The molecule has 0 saturated heterocycles. The smallest absolute Gasteiger partial charge is 0.0222 e. The Hall–Kier alpha value is -0.520. The molecule has 0 aromatic heterocycles. The fourth-order valence-corrected chi connectivity index (χ4v) is 0.687. The van der Waals surface area contributed by atoms with Gasteiger partial charge in [0.15, 0.2) is 0 Å². The number of hydrogen-bond acceptors (Lipinski definition) is 0. The molecule has 0 aliphatic rings. The second kappa shape index (κ2) is 16.8. The summed E-state index contributed by atoms with van der Waals surface area (Å²) < 4.78 is 0. The van der Waals surface area contributed by atoms with Gasteiger partial charge in [-0.3, -0.25) is 0 Å². The summed E-state index contributed by atoms with van der Waals surface area (Å²) in [5.41, 5.74) is 1.32. The van der Waals surface area contributed by atoms with Gasteiger partial charge in [-0.25, -0.2) is 0 Å². The quantitative estimate of drug-likeness (QED) is 0.521. The van der Waals surface area contributed by atoms with Crippen LogP contribution in [0.2, 0.25) is 0 Å². The van der Waals surface area contributed by atoms with Crippen molar-refractivity contribution < 1.29 is 0 Å². The van der Waals surface area contributed by atoms with Crippen LogP contribution in [0.5, 0.6) is 0 Å². The van der Waals surface area contributed by atoms with E-state index >= 15 is 0 Å². The molecule has 0 bridgehead atoms. The zero-order chi connectivity index (χ0) is 10.6. The molecule has 0 radical (unpaired) electrons. The molecule has 0 aromatic rings. The standard InChI is InChI=1S/C8H14.2C2H6/c1-5-8(6-2)7(3)4;2*1-2/h5-7H,1H2,2-4H3;2*1-2H3/b8-6+;;. The topological polar surface area (TPSA) is 0 Å². The molecule has 12 heavy (non-hydrogen) atoms. The summed E-state index contributed by atoms with van der Waals surface area (Å²) in [6.45, 7) is 18.1. The van der Waals surface area contributed by atoms with E-state index in [0.717, 1.165) is 0 Å². The van der Waals surface area contributed by atoms with Crippen LogP contribution in [-0.4, -0.2) is 0 Å². The van der Waals surface area contributed by atoms with E-state index in [1.54, 1.807) is 0 Å². The zero-order valence-electron chi connectivity index (χ0n) is 9.94. The summed E-state index contributed by atoms with van der Waals surface area (Å²) in [5, 5.41) is 0. The van der Waals surface area contributed by atoms with Crippen LogP contribution in [0.25, 0.3) is 0 Å². The second-order valence-electron chi connectivity index (χ2n) is 2.15. The van der Waals surface area contributed by atoms with Crippen LogP contribution < -0.4 is 0 Å². The van der Waals surface area contributed by atoms with Gasteiger partial charge < -0.3 is 0 Å². The predicted molar refractivity (Wildman–Crippen MR) is 61.5 cm³/mol. The summed E-state index contributed by atoms with van der Waals surface area (Å²) >= 11 is 0. The van der Waals surface area contributed by atoms with Crippen LogP contribution >= 0.6 is 0 Å². The van der Waals surface area contributed by atoms with Gasteiger partial charge in [-0.15, -0.1) is 0 Å². The molecule has 0 N–H and O–H groups in total. The van der Waals surface area contributed by atoms with Gasteiger partial charge in [-0.1, -0.05) is 65.8 Å². The van der Waals surface area contributed by atoms with Crippen molar-refractivity contribution in [1.82, 2.24) is 0 Å². The van der Waals surface area contributed by atoms with Gasteiger partial charge in [0.2, 0.25) is 0 Å². The average molecular weight is 170 g/mol. The highest BCUT2D eigenvalue weighted by atomic mass is 14.0. The van der Waals surface area contributed by atoms with E-state index in [-0.39, 0.29) is 0 Å². The van der Waals surface area contributed by atoms with Gasteiger partial charge in [0, 0.05) is 0 Å². The highest BCUT2D eigenvalue weighted by Gasteiger charge is 1.93. The molecule has 0 rings (SSSR count). The lowest BCUT2D eigenvalue weighted by Gasteiger charge is -2.02. The van der Waals surface area contributed by atoms with Gasteiger partial charge in [-0.05, 0) is 12.8 Å². The van der Waals surface area contributed by atoms with Crippen molar-refractivity contribution in [2.75, 3.05) is 0 Å². The highest BCUT2D eigenvalue weighted by Crippen LogP contribution is 2.08. The maximum absolute atomic E-state index is 3.68. The van der Waals surface area contributed by atoms with Crippen molar-refractivity contribution >= 4 is 0 Å². The number of hydrogen-bond donors (Lipinski definition) is 0. The third kappa shape index (κ3) is 12.2. The summed E-state index contributed by atoms with van der Waals surface area (Å²) in [5.74, 6) is 0.623. The molecule has 0 aliphatic carbocycles. The minimum absolute atomic E-state index is 0.623. The van der Waals surface area contributed by atoms with Crippen LogP contribution in [0.3, 0.4) is 0 Å². The largest absolute Gasteiger partial charge is 0.0988 e. The summed E-state index contributed by atoms with van der Waals surface area (Å²) in [6.07, 6.45) is 4.00. The molecular weight excluding hydrogens is 144 g/mol. The second-order valence-corrected chi connectivity index (χ2v) is 2.15. The third-order valence-corrected chi connectivity index (χ3v) is 1.24. The third-order valence-electron chi connectivity index (χ3n) is 1.24. The first-order valence-corrected chi connectivity index (χ1v) is 5.01. The maximum Gasteiger partial charge on any atom is -0.0222 e. The lowest BCUT2D eigenvalue weighted by atomic mass is 10.0. The molecule has 0 saturated carbocycles. The molecule has 0 fully saturated rings. The van der Waals surface area contributed by atoms with E-state index in [2.05, 4.69) is 26.5 Å². The summed E-state index contributed by atoms with van der Waals surface area (Å²) in [6, 6.07) is 0. The summed E-state index contributed by atoms with van der Waals surface area (Å²) in [4.78, 5) is 0. The zero-order valence-corrected chi connectivity index (χ0v) is 9.94. The Morgan fingerprint density at radius 1 is 1.08 bits per heavy atom. The van der Waals surface area contributed by atoms with E-state index in [9.17, 15) is 0 Å². The molecule has 0 aliphatic heterocycles. The minimum Gasteiger partial charge on any atom is -0.0988 e. The van der Waals surface area contributed by atoms with E-state index in [0.29, 0.717) is 5.92 Å². The van der Waals surface area contributed by atoms with Crippen LogP contribution in [0.15, 0.2) is 24.3 Å². The van der Waals surface area contributed by atoms with Gasteiger partial charge in [0.25, 0.3) is 0 Å². The van der Waals surface area contributed by atoms with Crippen LogP contribution in [-0.2, 0) is 0 Å². The van der Waals surface area contributed by atoms with Crippen molar-refractivity contribution in [3.8, 4) is 0 Å². The Labute approximate surface area is 79.4 Å². The molecule has 0 amide bonds. The van der Waals surface area contributed by atoms with E-state index < -0.39 is 0 Å². The Morgan fingerprint density at radius 3 is 1.42 bits per heavy atom. The van der Waals surface area contributed by atoms with Crippen molar-refractivity contribution in [1.29, 1.82) is 0 Å². The molecule has 0 nitrogen and oxygen atoms in total. The van der Waals surface area contributed by atoms with Gasteiger partial charge in [-0.2, -0.15) is 0 Å². The minimum atomic E-state index is 0.623. The Balaban J connectivity index is -0.000000175. The van der Waals surface area contributed by atoms with E-state index in [1.165, 1.54) is 5.57 Å². The molecule has 0 atom stereocenters. The monoisotopic (exact) mass is 170 g/mol. The molecule has 0 heterocycles. The van der Waals surface area contributed by atoms with Crippen molar-refractivity contribution in [2.24, 2.45) is 5.92 Å². The lowest BCUT2D eigenvalue weighted by Crippen LogP contribution is -1.87. The summed E-state index contributed by atoms with van der Waals surface area (Å²) in [7, 11) is 0. The lowest BCUT2D eigenvalue weighted by molar-refractivity contribution is 0.790. The first kappa shape index (κ1) is 17.5. The van der Waals surface area contributed by atoms with Crippen LogP contribution in [0.4, 0.5) is 0 Å². The Morgan fingerprint density at radius 2 is 1.42 bits per heavy atom. The van der Waals surface area contributed by atoms with Crippen molar-refractivity contribution in [3.63, 3.8) is 0 Å².